The maximum Gasteiger partial charge on any atom is 0.251 e. The molecule has 0 unspecified atom stereocenters. The van der Waals surface area contributed by atoms with Crippen LogP contribution in [0.25, 0.3) is 0 Å². The van der Waals surface area contributed by atoms with Gasteiger partial charge in [-0.1, -0.05) is 11.8 Å². The summed E-state index contributed by atoms with van der Waals surface area (Å²) in [4.78, 5) is 24.4. The molecular weight excluding hydrogens is 263 g/mol. The molecule has 20 heavy (non-hydrogen) atoms. The first-order valence-electron chi connectivity index (χ1n) is 5.83. The van der Waals surface area contributed by atoms with Crippen LogP contribution in [0.5, 0.6) is 0 Å². The number of aliphatic hydroxyl groups is 1. The van der Waals surface area contributed by atoms with E-state index in [2.05, 4.69) is 17.2 Å². The summed E-state index contributed by atoms with van der Waals surface area (Å²) >= 11 is 0. The second-order valence-electron chi connectivity index (χ2n) is 4.13. The molecular formula is C14H15FN2O3. The van der Waals surface area contributed by atoms with Crippen molar-refractivity contribution in [2.45, 2.75) is 0 Å². The molecule has 2 N–H and O–H groups in total. The predicted octanol–water partition coefficient (Wildman–Crippen LogP) is -0.0125. The smallest absolute Gasteiger partial charge is 0.251 e. The zero-order valence-corrected chi connectivity index (χ0v) is 11.2. The Morgan fingerprint density at radius 3 is 2.65 bits per heavy atom. The van der Waals surface area contributed by atoms with Crippen molar-refractivity contribution in [1.29, 1.82) is 0 Å². The van der Waals surface area contributed by atoms with E-state index in [-0.39, 0.29) is 30.2 Å². The number of likely N-dealkylation sites (N-methyl/N-ethyl adjacent to an activating group) is 1. The van der Waals surface area contributed by atoms with Gasteiger partial charge in [-0.15, -0.1) is 0 Å². The van der Waals surface area contributed by atoms with Crippen molar-refractivity contribution in [2.24, 2.45) is 0 Å². The number of rotatable bonds is 3. The van der Waals surface area contributed by atoms with E-state index in [1.807, 2.05) is 0 Å². The van der Waals surface area contributed by atoms with Crippen LogP contribution >= 0.6 is 0 Å². The normalized spacial score (nSPS) is 9.40. The van der Waals surface area contributed by atoms with Gasteiger partial charge in [0.25, 0.3) is 5.91 Å². The van der Waals surface area contributed by atoms with Crippen LogP contribution in [0.3, 0.4) is 0 Å². The highest BCUT2D eigenvalue weighted by Gasteiger charge is 2.11. The van der Waals surface area contributed by atoms with Crippen LogP contribution < -0.4 is 5.32 Å². The average Bonchev–Trinajstić information content (AvgIpc) is 2.42. The van der Waals surface area contributed by atoms with Crippen LogP contribution in [0.4, 0.5) is 4.39 Å². The Kier molecular flexibility index (Phi) is 5.69. The lowest BCUT2D eigenvalue weighted by Gasteiger charge is -2.11. The number of carbonyl (C=O) groups excluding carboxylic acids is 2. The van der Waals surface area contributed by atoms with Crippen molar-refractivity contribution >= 4 is 11.8 Å². The maximum atomic E-state index is 13.6. The Morgan fingerprint density at radius 2 is 2.10 bits per heavy atom. The molecule has 5 nitrogen and oxygen atoms in total. The Hall–Kier alpha value is -2.39. The number of carbonyl (C=O) groups is 2. The van der Waals surface area contributed by atoms with Crippen molar-refractivity contribution in [1.82, 2.24) is 10.2 Å². The molecule has 0 radical (unpaired) electrons. The van der Waals surface area contributed by atoms with Crippen molar-refractivity contribution in [2.75, 3.05) is 27.2 Å². The molecule has 0 bridgehead atoms. The number of hydrogen-bond donors (Lipinski definition) is 2. The van der Waals surface area contributed by atoms with Gasteiger partial charge in [0.15, 0.2) is 0 Å². The van der Waals surface area contributed by atoms with E-state index < -0.39 is 11.7 Å². The Balaban J connectivity index is 2.75. The molecule has 6 heteroatoms. The standard InChI is InChI=1S/C14H15FN2O3/c1-17(2)13(19)9-16-14(20)11-6-5-10(4-3-7-18)12(15)8-11/h5-6,8,18H,7,9H2,1-2H3,(H,16,20). The first-order valence-corrected chi connectivity index (χ1v) is 5.83. The van der Waals surface area contributed by atoms with Gasteiger partial charge in [-0.2, -0.15) is 0 Å². The number of halogens is 1. The van der Waals surface area contributed by atoms with Crippen molar-refractivity contribution in [3.05, 3.63) is 35.1 Å². The fourth-order valence-corrected chi connectivity index (χ4v) is 1.31. The quantitative estimate of drug-likeness (QED) is 0.764. The topological polar surface area (TPSA) is 69.6 Å². The minimum absolute atomic E-state index is 0.0972. The van der Waals surface area contributed by atoms with Gasteiger partial charge in [0.05, 0.1) is 12.1 Å². The number of amides is 2. The summed E-state index contributed by atoms with van der Waals surface area (Å²) in [6.45, 7) is -0.520. The number of hydrogen-bond acceptors (Lipinski definition) is 3. The SMILES string of the molecule is CN(C)C(=O)CNC(=O)c1ccc(C#CCO)c(F)c1. The van der Waals surface area contributed by atoms with E-state index in [9.17, 15) is 14.0 Å². The predicted molar refractivity (Wildman–Crippen MR) is 71.4 cm³/mol. The Labute approximate surface area is 116 Å². The van der Waals surface area contributed by atoms with E-state index in [4.69, 9.17) is 5.11 Å². The highest BCUT2D eigenvalue weighted by atomic mass is 19.1. The summed E-state index contributed by atoms with van der Waals surface area (Å²) in [5.74, 6) is 3.29. The third-order valence-electron chi connectivity index (χ3n) is 2.43. The van der Waals surface area contributed by atoms with Crippen LogP contribution in [0.2, 0.25) is 0 Å². The number of aliphatic hydroxyl groups excluding tert-OH is 1. The van der Waals surface area contributed by atoms with Gasteiger partial charge in [0, 0.05) is 19.7 Å². The van der Waals surface area contributed by atoms with Crippen molar-refractivity contribution in [3.8, 4) is 11.8 Å². The van der Waals surface area contributed by atoms with Crippen molar-refractivity contribution in [3.63, 3.8) is 0 Å². The lowest BCUT2D eigenvalue weighted by Crippen LogP contribution is -2.36. The van der Waals surface area contributed by atoms with Gasteiger partial charge < -0.3 is 15.3 Å². The zero-order valence-electron chi connectivity index (χ0n) is 11.2. The third kappa shape index (κ3) is 4.37. The van der Waals surface area contributed by atoms with E-state index in [1.54, 1.807) is 14.1 Å². The van der Waals surface area contributed by atoms with Crippen LogP contribution in [-0.4, -0.2) is 49.1 Å². The summed E-state index contributed by atoms with van der Waals surface area (Å²) in [6, 6.07) is 3.79. The summed E-state index contributed by atoms with van der Waals surface area (Å²) in [6.07, 6.45) is 0. The highest BCUT2D eigenvalue weighted by Crippen LogP contribution is 2.09. The minimum Gasteiger partial charge on any atom is -0.384 e. The maximum absolute atomic E-state index is 13.6. The minimum atomic E-state index is -0.655. The van der Waals surface area contributed by atoms with Gasteiger partial charge in [0.2, 0.25) is 5.91 Å². The molecule has 0 saturated carbocycles. The molecule has 0 aliphatic rings. The van der Waals surface area contributed by atoms with Crippen molar-refractivity contribution < 1.29 is 19.1 Å². The van der Waals surface area contributed by atoms with Crippen LogP contribution in [-0.2, 0) is 4.79 Å². The number of benzene rings is 1. The number of nitrogens with one attached hydrogen (secondary N) is 1. The van der Waals surface area contributed by atoms with E-state index in [0.717, 1.165) is 6.07 Å². The second-order valence-corrected chi connectivity index (χ2v) is 4.13. The summed E-state index contributed by atoms with van der Waals surface area (Å²) in [5, 5.41) is 10.9. The molecule has 0 fully saturated rings. The largest absolute Gasteiger partial charge is 0.384 e. The summed E-state index contributed by atoms with van der Waals surface area (Å²) in [5.41, 5.74) is 0.198. The lowest BCUT2D eigenvalue weighted by molar-refractivity contribution is -0.127. The Bertz CT molecular complexity index is 574. The monoisotopic (exact) mass is 278 g/mol. The molecule has 0 aliphatic heterocycles. The van der Waals surface area contributed by atoms with E-state index in [0.29, 0.717) is 0 Å². The van der Waals surface area contributed by atoms with Crippen LogP contribution in [0.15, 0.2) is 18.2 Å². The van der Waals surface area contributed by atoms with Gasteiger partial charge in [0.1, 0.15) is 12.4 Å². The average molecular weight is 278 g/mol. The second kappa shape index (κ2) is 7.26. The fourth-order valence-electron chi connectivity index (χ4n) is 1.31. The molecule has 1 aromatic rings. The summed E-state index contributed by atoms with van der Waals surface area (Å²) in [7, 11) is 3.14. The first-order chi connectivity index (χ1) is 9.45. The molecule has 0 saturated heterocycles. The molecule has 0 heterocycles. The zero-order chi connectivity index (χ0) is 15.1. The van der Waals surface area contributed by atoms with Gasteiger partial charge >= 0.3 is 0 Å². The molecule has 1 aromatic carbocycles. The van der Waals surface area contributed by atoms with Gasteiger partial charge in [-0.25, -0.2) is 4.39 Å². The van der Waals surface area contributed by atoms with Gasteiger partial charge in [-0.3, -0.25) is 9.59 Å². The van der Waals surface area contributed by atoms with Gasteiger partial charge in [-0.05, 0) is 18.2 Å². The van der Waals surface area contributed by atoms with Crippen LogP contribution in [0.1, 0.15) is 15.9 Å². The first kappa shape index (κ1) is 15.7. The highest BCUT2D eigenvalue weighted by molar-refractivity contribution is 5.96. The summed E-state index contributed by atoms with van der Waals surface area (Å²) < 4.78 is 13.6. The molecule has 0 aromatic heterocycles. The lowest BCUT2D eigenvalue weighted by atomic mass is 10.1. The Morgan fingerprint density at radius 1 is 1.40 bits per heavy atom. The molecule has 0 aliphatic carbocycles. The fraction of sp³-hybridized carbons (Fsp3) is 0.286. The third-order valence-corrected chi connectivity index (χ3v) is 2.43. The molecule has 0 atom stereocenters. The molecule has 106 valence electrons. The van der Waals surface area contributed by atoms with E-state index >= 15 is 0 Å². The van der Waals surface area contributed by atoms with E-state index in [1.165, 1.54) is 17.0 Å². The number of nitrogens with zero attached hydrogens (tertiary/aromatic N) is 1. The molecule has 2 amide bonds. The molecule has 1 rings (SSSR count). The van der Waals surface area contributed by atoms with Crippen LogP contribution in [0, 0.1) is 17.7 Å². The molecule has 0 spiro atoms.